The van der Waals surface area contributed by atoms with E-state index in [1.54, 1.807) is 0 Å². The van der Waals surface area contributed by atoms with E-state index in [1.807, 2.05) is 0 Å². The number of halogens is 2. The van der Waals surface area contributed by atoms with Gasteiger partial charge in [0.1, 0.15) is 0 Å². The summed E-state index contributed by atoms with van der Waals surface area (Å²) in [6.45, 7) is 0. The van der Waals surface area contributed by atoms with Gasteiger partial charge in [-0.25, -0.2) is 4.39 Å². The van der Waals surface area contributed by atoms with Crippen molar-refractivity contribution in [3.8, 4) is 11.5 Å². The Labute approximate surface area is 118 Å². The number of carbonyl (C=O) groups is 1. The van der Waals surface area contributed by atoms with Crippen molar-refractivity contribution >= 4 is 21.9 Å². The molecule has 19 heavy (non-hydrogen) atoms. The maximum absolute atomic E-state index is 13.8. The van der Waals surface area contributed by atoms with Crippen LogP contribution in [0, 0.1) is 5.82 Å². The second-order valence-corrected chi connectivity index (χ2v) is 5.38. The van der Waals surface area contributed by atoms with E-state index >= 15 is 0 Å². The van der Waals surface area contributed by atoms with Crippen molar-refractivity contribution in [3.63, 3.8) is 0 Å². The van der Waals surface area contributed by atoms with Gasteiger partial charge in [0, 0.05) is 10.0 Å². The first-order valence-corrected chi connectivity index (χ1v) is 6.61. The number of hydrogen-bond donors (Lipinski definition) is 1. The van der Waals surface area contributed by atoms with E-state index in [1.165, 1.54) is 20.3 Å². The fourth-order valence-corrected chi connectivity index (χ4v) is 3.27. The summed E-state index contributed by atoms with van der Waals surface area (Å²) in [6.07, 6.45) is 1.83. The first kappa shape index (κ1) is 14.1. The minimum Gasteiger partial charge on any atom is -0.492 e. The van der Waals surface area contributed by atoms with E-state index in [0.29, 0.717) is 22.9 Å². The molecule has 0 heterocycles. The molecule has 1 N–H and O–H groups in total. The number of rotatable bonds is 4. The third kappa shape index (κ3) is 1.98. The zero-order valence-corrected chi connectivity index (χ0v) is 12.2. The molecule has 0 aromatic heterocycles. The van der Waals surface area contributed by atoms with E-state index in [-0.39, 0.29) is 11.5 Å². The summed E-state index contributed by atoms with van der Waals surface area (Å²) in [5, 5.41) is 9.50. The number of carboxylic acid groups (broad SMARTS) is 1. The predicted octanol–water partition coefficient (Wildman–Crippen LogP) is 3.11. The van der Waals surface area contributed by atoms with Crippen molar-refractivity contribution in [2.75, 3.05) is 14.2 Å². The Balaban J connectivity index is 2.72. The number of carboxylic acids is 1. The summed E-state index contributed by atoms with van der Waals surface area (Å²) in [6, 6.07) is 1.22. The molecule has 1 aliphatic carbocycles. The Kier molecular flexibility index (Phi) is 3.71. The lowest BCUT2D eigenvalue weighted by Gasteiger charge is -2.39. The lowest BCUT2D eigenvalue weighted by molar-refractivity contribution is -0.147. The molecule has 4 nitrogen and oxygen atoms in total. The van der Waals surface area contributed by atoms with Crippen LogP contribution in [0.3, 0.4) is 0 Å². The van der Waals surface area contributed by atoms with Crippen LogP contribution in [0.2, 0.25) is 0 Å². The van der Waals surface area contributed by atoms with Gasteiger partial charge in [0.15, 0.2) is 17.3 Å². The molecule has 0 saturated heterocycles. The van der Waals surface area contributed by atoms with Gasteiger partial charge in [0.05, 0.1) is 19.6 Å². The van der Waals surface area contributed by atoms with Crippen LogP contribution in [0.15, 0.2) is 10.5 Å². The average Bonchev–Trinajstić information content (AvgIpc) is 2.29. The van der Waals surface area contributed by atoms with Gasteiger partial charge < -0.3 is 14.6 Å². The Bertz CT molecular complexity index is 526. The summed E-state index contributed by atoms with van der Waals surface area (Å²) in [4.78, 5) is 11.6. The molecule has 2 rings (SSSR count). The maximum Gasteiger partial charge on any atom is 0.314 e. The van der Waals surface area contributed by atoms with E-state index < -0.39 is 17.2 Å². The highest BCUT2D eigenvalue weighted by atomic mass is 79.9. The topological polar surface area (TPSA) is 55.8 Å². The molecule has 0 radical (unpaired) electrons. The summed E-state index contributed by atoms with van der Waals surface area (Å²) >= 11 is 3.24. The average molecular weight is 333 g/mol. The van der Waals surface area contributed by atoms with Gasteiger partial charge in [0.2, 0.25) is 0 Å². The van der Waals surface area contributed by atoms with Crippen LogP contribution in [-0.2, 0) is 10.2 Å². The summed E-state index contributed by atoms with van der Waals surface area (Å²) in [7, 11) is 2.70. The lowest BCUT2D eigenvalue weighted by atomic mass is 9.64. The summed E-state index contributed by atoms with van der Waals surface area (Å²) < 4.78 is 24.4. The summed E-state index contributed by atoms with van der Waals surface area (Å²) in [5.41, 5.74) is -0.572. The van der Waals surface area contributed by atoms with Crippen LogP contribution in [0.4, 0.5) is 4.39 Å². The molecule has 6 heteroatoms. The SMILES string of the molecule is COc1c(F)cc(Br)c(C2(C(=O)O)CCC2)c1OC. The molecule has 0 amide bonds. The van der Waals surface area contributed by atoms with Crippen molar-refractivity contribution in [2.24, 2.45) is 0 Å². The molecule has 1 aliphatic rings. The molecule has 0 aliphatic heterocycles. The smallest absolute Gasteiger partial charge is 0.314 e. The molecule has 1 aromatic rings. The van der Waals surface area contributed by atoms with Crippen molar-refractivity contribution < 1.29 is 23.8 Å². The minimum absolute atomic E-state index is 0.0618. The third-order valence-corrected chi connectivity index (χ3v) is 4.27. The Morgan fingerprint density at radius 3 is 2.32 bits per heavy atom. The van der Waals surface area contributed by atoms with Crippen molar-refractivity contribution in [1.29, 1.82) is 0 Å². The highest BCUT2D eigenvalue weighted by Crippen LogP contribution is 2.53. The van der Waals surface area contributed by atoms with Gasteiger partial charge in [-0.15, -0.1) is 0 Å². The van der Waals surface area contributed by atoms with E-state index in [4.69, 9.17) is 9.47 Å². The van der Waals surface area contributed by atoms with Crippen LogP contribution < -0.4 is 9.47 Å². The quantitative estimate of drug-likeness (QED) is 0.920. The predicted molar refractivity (Wildman–Crippen MR) is 70.4 cm³/mol. The molecule has 0 spiro atoms. The monoisotopic (exact) mass is 332 g/mol. The molecule has 0 atom stereocenters. The van der Waals surface area contributed by atoms with E-state index in [0.717, 1.165) is 6.42 Å². The third-order valence-electron chi connectivity index (χ3n) is 3.65. The second kappa shape index (κ2) is 5.00. The highest BCUT2D eigenvalue weighted by Gasteiger charge is 2.50. The molecular weight excluding hydrogens is 319 g/mol. The molecule has 0 bridgehead atoms. The van der Waals surface area contributed by atoms with Gasteiger partial charge in [0.25, 0.3) is 0 Å². The molecule has 104 valence electrons. The molecule has 1 saturated carbocycles. The lowest BCUT2D eigenvalue weighted by Crippen LogP contribution is -2.43. The largest absolute Gasteiger partial charge is 0.492 e. The standard InChI is InChI=1S/C13H14BrFO4/c1-18-10-8(15)6-7(14)9(11(10)19-2)13(12(16)17)4-3-5-13/h6H,3-5H2,1-2H3,(H,16,17). The van der Waals surface area contributed by atoms with Crippen LogP contribution in [0.5, 0.6) is 11.5 Å². The van der Waals surface area contributed by atoms with Gasteiger partial charge in [-0.1, -0.05) is 22.4 Å². The summed E-state index contributed by atoms with van der Waals surface area (Å²) in [5.74, 6) is -1.43. The second-order valence-electron chi connectivity index (χ2n) is 4.52. The molecular formula is C13H14BrFO4. The van der Waals surface area contributed by atoms with Crippen molar-refractivity contribution in [3.05, 3.63) is 21.9 Å². The van der Waals surface area contributed by atoms with E-state index in [2.05, 4.69) is 15.9 Å². The number of hydrogen-bond acceptors (Lipinski definition) is 3. The van der Waals surface area contributed by atoms with Crippen LogP contribution in [-0.4, -0.2) is 25.3 Å². The molecule has 1 fully saturated rings. The first-order chi connectivity index (χ1) is 8.97. The van der Waals surface area contributed by atoms with Gasteiger partial charge in [-0.05, 0) is 18.9 Å². The number of benzene rings is 1. The minimum atomic E-state index is -1.02. The number of aliphatic carboxylic acids is 1. The zero-order chi connectivity index (χ0) is 14.2. The number of methoxy groups -OCH3 is 2. The van der Waals surface area contributed by atoms with Crippen LogP contribution in [0.25, 0.3) is 0 Å². The fraction of sp³-hybridized carbons (Fsp3) is 0.462. The van der Waals surface area contributed by atoms with Gasteiger partial charge in [-0.3, -0.25) is 4.79 Å². The normalized spacial score (nSPS) is 16.6. The molecule has 0 unspecified atom stereocenters. The number of ether oxygens (including phenoxy) is 2. The Morgan fingerprint density at radius 1 is 1.37 bits per heavy atom. The van der Waals surface area contributed by atoms with Crippen LogP contribution in [0.1, 0.15) is 24.8 Å². The molecule has 1 aromatic carbocycles. The first-order valence-electron chi connectivity index (χ1n) is 5.81. The Hall–Kier alpha value is -1.30. The van der Waals surface area contributed by atoms with Gasteiger partial charge >= 0.3 is 5.97 Å². The van der Waals surface area contributed by atoms with E-state index in [9.17, 15) is 14.3 Å². The zero-order valence-electron chi connectivity index (χ0n) is 10.6. The van der Waals surface area contributed by atoms with Crippen molar-refractivity contribution in [2.45, 2.75) is 24.7 Å². The Morgan fingerprint density at radius 2 is 1.95 bits per heavy atom. The highest BCUT2D eigenvalue weighted by molar-refractivity contribution is 9.10. The van der Waals surface area contributed by atoms with Crippen LogP contribution >= 0.6 is 15.9 Å². The fourth-order valence-electron chi connectivity index (χ4n) is 2.51. The maximum atomic E-state index is 13.8. The van der Waals surface area contributed by atoms with Crippen molar-refractivity contribution in [1.82, 2.24) is 0 Å². The van der Waals surface area contributed by atoms with Gasteiger partial charge in [-0.2, -0.15) is 0 Å².